The normalized spacial score (nSPS) is 28.3. The SMILES string of the molecule is CC(C)(C)OC(=O)N1CCCC(CI)(OC2CC2)C1. The van der Waals surface area contributed by atoms with Gasteiger partial charge in [0.1, 0.15) is 5.60 Å². The number of hydrogen-bond donors (Lipinski definition) is 0. The van der Waals surface area contributed by atoms with Crippen molar-refractivity contribution < 1.29 is 14.3 Å². The van der Waals surface area contributed by atoms with Crippen LogP contribution in [-0.4, -0.2) is 45.8 Å². The first kappa shape index (κ1) is 15.4. The molecule has 0 aromatic heterocycles. The quantitative estimate of drug-likeness (QED) is 0.556. The summed E-state index contributed by atoms with van der Waals surface area (Å²) in [4.78, 5) is 14.0. The first-order valence-corrected chi connectivity index (χ1v) is 8.58. The number of rotatable bonds is 3. The highest BCUT2D eigenvalue weighted by atomic mass is 127. The van der Waals surface area contributed by atoms with Crippen LogP contribution >= 0.6 is 22.6 Å². The molecule has 1 saturated carbocycles. The highest BCUT2D eigenvalue weighted by molar-refractivity contribution is 14.1. The lowest BCUT2D eigenvalue weighted by atomic mass is 9.95. The van der Waals surface area contributed by atoms with Crippen molar-refractivity contribution in [2.75, 3.05) is 17.5 Å². The number of hydrogen-bond acceptors (Lipinski definition) is 3. The van der Waals surface area contributed by atoms with E-state index < -0.39 is 5.60 Å². The summed E-state index contributed by atoms with van der Waals surface area (Å²) in [5, 5.41) is 0. The Morgan fingerprint density at radius 1 is 1.42 bits per heavy atom. The summed E-state index contributed by atoms with van der Waals surface area (Å²) in [6.45, 7) is 7.16. The van der Waals surface area contributed by atoms with Crippen molar-refractivity contribution >= 4 is 28.7 Å². The summed E-state index contributed by atoms with van der Waals surface area (Å²) >= 11 is 2.38. The van der Waals surface area contributed by atoms with Gasteiger partial charge in [0.05, 0.1) is 18.2 Å². The maximum Gasteiger partial charge on any atom is 0.410 e. The molecular weight excluding hydrogens is 357 g/mol. The third-order valence-electron chi connectivity index (χ3n) is 3.38. The van der Waals surface area contributed by atoms with Crippen LogP contribution in [0.3, 0.4) is 0 Å². The molecule has 1 saturated heterocycles. The van der Waals surface area contributed by atoms with Gasteiger partial charge in [0.25, 0.3) is 0 Å². The Bertz CT molecular complexity index is 338. The highest BCUT2D eigenvalue weighted by Crippen LogP contribution is 2.35. The molecule has 1 unspecified atom stereocenters. The van der Waals surface area contributed by atoms with Gasteiger partial charge in [-0.15, -0.1) is 0 Å². The van der Waals surface area contributed by atoms with Crippen LogP contribution in [0.4, 0.5) is 4.79 Å². The van der Waals surface area contributed by atoms with Gasteiger partial charge in [0, 0.05) is 11.0 Å². The van der Waals surface area contributed by atoms with Crippen molar-refractivity contribution in [3.8, 4) is 0 Å². The summed E-state index contributed by atoms with van der Waals surface area (Å²) < 4.78 is 12.6. The van der Waals surface area contributed by atoms with E-state index in [1.54, 1.807) is 0 Å². The predicted octanol–water partition coefficient (Wildman–Crippen LogP) is 3.37. The lowest BCUT2D eigenvalue weighted by molar-refractivity contribution is -0.0829. The van der Waals surface area contributed by atoms with E-state index in [4.69, 9.17) is 9.47 Å². The zero-order valence-corrected chi connectivity index (χ0v) is 14.2. The lowest BCUT2D eigenvalue weighted by Crippen LogP contribution is -2.54. The van der Waals surface area contributed by atoms with Gasteiger partial charge in [-0.05, 0) is 46.5 Å². The van der Waals surface area contributed by atoms with Crippen molar-refractivity contribution in [2.24, 2.45) is 0 Å². The Labute approximate surface area is 129 Å². The number of alkyl halides is 1. The minimum absolute atomic E-state index is 0.156. The van der Waals surface area contributed by atoms with Crippen molar-refractivity contribution in [3.05, 3.63) is 0 Å². The number of ether oxygens (including phenoxy) is 2. The van der Waals surface area contributed by atoms with Crippen LogP contribution in [0, 0.1) is 0 Å². The van der Waals surface area contributed by atoms with E-state index in [0.29, 0.717) is 12.6 Å². The second kappa shape index (κ2) is 5.76. The van der Waals surface area contributed by atoms with Crippen LogP contribution in [0.1, 0.15) is 46.5 Å². The van der Waals surface area contributed by atoms with Gasteiger partial charge >= 0.3 is 6.09 Å². The zero-order chi connectivity index (χ0) is 14.1. The van der Waals surface area contributed by atoms with Crippen molar-refractivity contribution in [1.82, 2.24) is 4.90 Å². The fourth-order valence-corrected chi connectivity index (χ4v) is 3.16. The molecule has 5 heteroatoms. The van der Waals surface area contributed by atoms with Crippen LogP contribution in [0.5, 0.6) is 0 Å². The van der Waals surface area contributed by atoms with Gasteiger partial charge < -0.3 is 14.4 Å². The molecule has 2 rings (SSSR count). The number of nitrogens with zero attached hydrogens (tertiary/aromatic N) is 1. The number of likely N-dealkylation sites (tertiary alicyclic amines) is 1. The summed E-state index contributed by atoms with van der Waals surface area (Å²) in [6, 6.07) is 0. The van der Waals surface area contributed by atoms with E-state index in [2.05, 4.69) is 22.6 Å². The highest BCUT2D eigenvalue weighted by Gasteiger charge is 2.42. The van der Waals surface area contributed by atoms with Crippen LogP contribution in [0.15, 0.2) is 0 Å². The van der Waals surface area contributed by atoms with Gasteiger partial charge in [-0.3, -0.25) is 0 Å². The molecule has 1 amide bonds. The Kier molecular flexibility index (Phi) is 4.65. The van der Waals surface area contributed by atoms with E-state index in [-0.39, 0.29) is 11.7 Å². The van der Waals surface area contributed by atoms with Crippen molar-refractivity contribution in [2.45, 2.75) is 63.8 Å². The lowest BCUT2D eigenvalue weighted by Gasteiger charge is -2.42. The third-order valence-corrected chi connectivity index (χ3v) is 4.77. The van der Waals surface area contributed by atoms with Gasteiger partial charge in [-0.1, -0.05) is 22.6 Å². The fourth-order valence-electron chi connectivity index (χ4n) is 2.36. The molecule has 19 heavy (non-hydrogen) atoms. The Hall–Kier alpha value is -0.0400. The third kappa shape index (κ3) is 4.48. The van der Waals surface area contributed by atoms with Crippen molar-refractivity contribution in [3.63, 3.8) is 0 Å². The molecule has 1 aliphatic heterocycles. The smallest absolute Gasteiger partial charge is 0.410 e. The Balaban J connectivity index is 1.96. The van der Waals surface area contributed by atoms with E-state index in [9.17, 15) is 4.79 Å². The average Bonchev–Trinajstić information content (AvgIpc) is 3.11. The molecule has 2 aliphatic rings. The van der Waals surface area contributed by atoms with Gasteiger partial charge in [-0.2, -0.15) is 0 Å². The molecule has 1 atom stereocenters. The number of halogens is 1. The van der Waals surface area contributed by atoms with Crippen LogP contribution in [-0.2, 0) is 9.47 Å². The monoisotopic (exact) mass is 381 g/mol. The van der Waals surface area contributed by atoms with E-state index in [1.165, 1.54) is 12.8 Å². The number of carbonyl (C=O) groups is 1. The average molecular weight is 381 g/mol. The summed E-state index contributed by atoms with van der Waals surface area (Å²) in [5.74, 6) is 0. The zero-order valence-electron chi connectivity index (χ0n) is 12.1. The van der Waals surface area contributed by atoms with Crippen LogP contribution < -0.4 is 0 Å². The fraction of sp³-hybridized carbons (Fsp3) is 0.929. The minimum atomic E-state index is -0.432. The largest absolute Gasteiger partial charge is 0.444 e. The summed E-state index contributed by atoms with van der Waals surface area (Å²) in [5.41, 5.74) is -0.588. The molecule has 110 valence electrons. The predicted molar refractivity (Wildman–Crippen MR) is 82.8 cm³/mol. The first-order chi connectivity index (χ1) is 8.84. The topological polar surface area (TPSA) is 38.8 Å². The molecule has 0 spiro atoms. The summed E-state index contributed by atoms with van der Waals surface area (Å²) in [7, 11) is 0. The van der Waals surface area contributed by atoms with Crippen LogP contribution in [0.2, 0.25) is 0 Å². The van der Waals surface area contributed by atoms with Crippen molar-refractivity contribution in [1.29, 1.82) is 0 Å². The maximum atomic E-state index is 12.2. The second-order valence-electron chi connectivity index (χ2n) is 6.64. The van der Waals surface area contributed by atoms with Crippen LogP contribution in [0.25, 0.3) is 0 Å². The first-order valence-electron chi connectivity index (χ1n) is 7.05. The molecule has 4 nitrogen and oxygen atoms in total. The Morgan fingerprint density at radius 3 is 2.63 bits per heavy atom. The minimum Gasteiger partial charge on any atom is -0.444 e. The molecule has 0 N–H and O–H groups in total. The molecule has 0 radical (unpaired) electrons. The second-order valence-corrected chi connectivity index (χ2v) is 7.40. The molecule has 1 aliphatic carbocycles. The standard InChI is InChI=1S/C14H24INO3/c1-13(2,3)19-12(17)16-8-4-7-14(9-15,10-16)18-11-5-6-11/h11H,4-10H2,1-3H3. The summed E-state index contributed by atoms with van der Waals surface area (Å²) in [6.07, 6.45) is 4.60. The number of amides is 1. The molecule has 1 heterocycles. The molecule has 0 bridgehead atoms. The van der Waals surface area contributed by atoms with Gasteiger partial charge in [0.2, 0.25) is 0 Å². The maximum absolute atomic E-state index is 12.2. The van der Waals surface area contributed by atoms with E-state index >= 15 is 0 Å². The molecule has 2 fully saturated rings. The Morgan fingerprint density at radius 2 is 2.11 bits per heavy atom. The molecule has 0 aromatic rings. The van der Waals surface area contributed by atoms with E-state index in [1.807, 2.05) is 25.7 Å². The number of carbonyl (C=O) groups excluding carboxylic acids is 1. The van der Waals surface area contributed by atoms with E-state index in [0.717, 1.165) is 23.8 Å². The molecule has 0 aromatic carbocycles. The van der Waals surface area contributed by atoms with Gasteiger partial charge in [0.15, 0.2) is 0 Å². The molecular formula is C14H24INO3. The van der Waals surface area contributed by atoms with Gasteiger partial charge in [-0.25, -0.2) is 4.79 Å². The number of piperidine rings is 1.